The first-order valence-corrected chi connectivity index (χ1v) is 8.62. The molecular weight excluding hydrogens is 495 g/mol. The van der Waals surface area contributed by atoms with Gasteiger partial charge in [-0.25, -0.2) is 4.98 Å². The first kappa shape index (κ1) is 21.8. The summed E-state index contributed by atoms with van der Waals surface area (Å²) in [7, 11) is 7.76. The molecule has 0 aliphatic rings. The second-order valence-electron chi connectivity index (χ2n) is 5.82. The first-order chi connectivity index (χ1) is 11.4. The zero-order chi connectivity index (χ0) is 17.7. The quantitative estimate of drug-likeness (QED) is 0.361. The van der Waals surface area contributed by atoms with Gasteiger partial charge < -0.3 is 20.1 Å². The van der Waals surface area contributed by atoms with Crippen LogP contribution in [0, 0.1) is 0 Å². The van der Waals surface area contributed by atoms with E-state index in [9.17, 15) is 0 Å². The van der Waals surface area contributed by atoms with Crippen LogP contribution in [0.5, 0.6) is 0 Å². The summed E-state index contributed by atoms with van der Waals surface area (Å²) in [6.45, 7) is 2.76. The Kier molecular flexibility index (Phi) is 8.70. The number of hydrogen-bond donors (Lipinski definition) is 2. The fourth-order valence-corrected chi connectivity index (χ4v) is 3.12. The molecule has 0 spiro atoms. The lowest BCUT2D eigenvalue weighted by Crippen LogP contribution is -2.38. The van der Waals surface area contributed by atoms with E-state index in [2.05, 4.69) is 54.1 Å². The lowest BCUT2D eigenvalue weighted by molar-refractivity contribution is 0.673. The van der Waals surface area contributed by atoms with Crippen LogP contribution in [0.4, 0.5) is 5.95 Å². The van der Waals surface area contributed by atoms with E-state index in [0.29, 0.717) is 6.54 Å². The van der Waals surface area contributed by atoms with Crippen molar-refractivity contribution in [2.45, 2.75) is 19.5 Å². The molecule has 8 heteroatoms. The lowest BCUT2D eigenvalue weighted by Gasteiger charge is -2.19. The number of imidazole rings is 1. The normalized spacial score (nSPS) is 12.3. The van der Waals surface area contributed by atoms with E-state index in [1.807, 2.05) is 50.4 Å². The number of anilines is 1. The molecule has 2 N–H and O–H groups in total. The molecule has 2 aromatic rings. The minimum Gasteiger partial charge on any atom is -0.351 e. The van der Waals surface area contributed by atoms with Crippen LogP contribution in [0.25, 0.3) is 0 Å². The van der Waals surface area contributed by atoms with E-state index >= 15 is 0 Å². The Hall–Kier alpha value is -1.29. The van der Waals surface area contributed by atoms with Crippen molar-refractivity contribution in [2.75, 3.05) is 26.0 Å². The molecule has 1 atom stereocenters. The molecule has 1 heterocycles. The van der Waals surface area contributed by atoms with Gasteiger partial charge in [-0.2, -0.15) is 0 Å². The number of nitrogens with zero attached hydrogens (tertiary/aromatic N) is 4. The van der Waals surface area contributed by atoms with Crippen molar-refractivity contribution in [1.29, 1.82) is 0 Å². The number of hydrogen-bond acceptors (Lipinski definition) is 3. The molecule has 0 fully saturated rings. The molecule has 1 unspecified atom stereocenters. The fraction of sp³-hybridized carbons (Fsp3) is 0.412. The smallest absolute Gasteiger partial charge is 0.204 e. The molecule has 0 aliphatic heterocycles. The largest absolute Gasteiger partial charge is 0.351 e. The molecule has 6 nitrogen and oxygen atoms in total. The second kappa shape index (κ2) is 10.0. The zero-order valence-corrected chi connectivity index (χ0v) is 19.2. The minimum atomic E-state index is 0. The van der Waals surface area contributed by atoms with Gasteiger partial charge in [0.25, 0.3) is 0 Å². The maximum Gasteiger partial charge on any atom is 0.204 e. The molecule has 0 amide bonds. The molecule has 0 radical (unpaired) electrons. The van der Waals surface area contributed by atoms with Crippen molar-refractivity contribution >= 4 is 51.8 Å². The third-order valence-electron chi connectivity index (χ3n) is 3.85. The summed E-state index contributed by atoms with van der Waals surface area (Å²) < 4.78 is 3.15. The van der Waals surface area contributed by atoms with E-state index < -0.39 is 0 Å². The van der Waals surface area contributed by atoms with E-state index in [0.717, 1.165) is 22.1 Å². The van der Waals surface area contributed by atoms with Gasteiger partial charge in [0, 0.05) is 32.7 Å². The summed E-state index contributed by atoms with van der Waals surface area (Å²) in [5.74, 6) is 1.68. The van der Waals surface area contributed by atoms with Gasteiger partial charge in [0.05, 0.1) is 24.5 Å². The third kappa shape index (κ3) is 5.60. The molecule has 25 heavy (non-hydrogen) atoms. The Bertz CT molecular complexity index is 713. The van der Waals surface area contributed by atoms with Gasteiger partial charge in [0.1, 0.15) is 0 Å². The lowest BCUT2D eigenvalue weighted by atomic mass is 10.1. The molecule has 2 rings (SSSR count). The predicted octanol–water partition coefficient (Wildman–Crippen LogP) is 3.29. The van der Waals surface area contributed by atoms with Gasteiger partial charge in [0.2, 0.25) is 5.95 Å². The predicted molar refractivity (Wildman–Crippen MR) is 119 cm³/mol. The van der Waals surface area contributed by atoms with Crippen molar-refractivity contribution in [3.63, 3.8) is 0 Å². The van der Waals surface area contributed by atoms with Crippen LogP contribution in [0.3, 0.4) is 0 Å². The standard InChI is InChI=1S/C17H25BrN6.HI/c1-12(14-8-6-7-9-15(14)18)22-16(19-2)20-10-13-11-21-17(23(3)4)24(13)5;/h6-9,11-12H,10H2,1-5H3,(H2,19,20,22);1H. The summed E-state index contributed by atoms with van der Waals surface area (Å²) in [6.07, 6.45) is 1.88. The van der Waals surface area contributed by atoms with Gasteiger partial charge in [0.15, 0.2) is 5.96 Å². The summed E-state index contributed by atoms with van der Waals surface area (Å²) in [6, 6.07) is 8.32. The molecule has 0 aliphatic carbocycles. The van der Waals surface area contributed by atoms with Crippen LogP contribution < -0.4 is 15.5 Å². The van der Waals surface area contributed by atoms with Gasteiger partial charge in [-0.1, -0.05) is 34.1 Å². The Morgan fingerprint density at radius 3 is 2.60 bits per heavy atom. The Morgan fingerprint density at radius 2 is 2.04 bits per heavy atom. The fourth-order valence-electron chi connectivity index (χ4n) is 2.49. The summed E-state index contributed by atoms with van der Waals surface area (Å²) in [4.78, 5) is 10.7. The van der Waals surface area contributed by atoms with Crippen LogP contribution in [0.2, 0.25) is 0 Å². The SMILES string of the molecule is CN=C(NCc1cnc(N(C)C)n1C)NC(C)c1ccccc1Br.I. The van der Waals surface area contributed by atoms with Crippen LogP contribution in [-0.4, -0.2) is 36.7 Å². The number of aliphatic imine (C=N–C) groups is 1. The molecule has 0 saturated carbocycles. The van der Waals surface area contributed by atoms with Crippen LogP contribution in [0.1, 0.15) is 24.2 Å². The minimum absolute atomic E-state index is 0. The monoisotopic (exact) mass is 520 g/mol. The van der Waals surface area contributed by atoms with Gasteiger partial charge in [-0.3, -0.25) is 4.99 Å². The Morgan fingerprint density at radius 1 is 1.36 bits per heavy atom. The van der Waals surface area contributed by atoms with Gasteiger partial charge in [-0.05, 0) is 18.6 Å². The number of nitrogens with one attached hydrogen (secondary N) is 2. The second-order valence-corrected chi connectivity index (χ2v) is 6.67. The third-order valence-corrected chi connectivity index (χ3v) is 4.57. The van der Waals surface area contributed by atoms with Crippen LogP contribution in [-0.2, 0) is 13.6 Å². The average Bonchev–Trinajstić information content (AvgIpc) is 2.92. The highest BCUT2D eigenvalue weighted by molar-refractivity contribution is 14.0. The van der Waals surface area contributed by atoms with Crippen molar-refractivity contribution in [1.82, 2.24) is 20.2 Å². The number of aromatic nitrogens is 2. The highest BCUT2D eigenvalue weighted by Crippen LogP contribution is 2.22. The van der Waals surface area contributed by atoms with Crippen molar-refractivity contribution in [3.8, 4) is 0 Å². The number of halogens is 2. The average molecular weight is 521 g/mol. The number of guanidine groups is 1. The Labute approximate surface area is 175 Å². The first-order valence-electron chi connectivity index (χ1n) is 7.83. The zero-order valence-electron chi connectivity index (χ0n) is 15.2. The van der Waals surface area contributed by atoms with Crippen molar-refractivity contribution in [3.05, 3.63) is 46.2 Å². The van der Waals surface area contributed by atoms with E-state index in [1.165, 1.54) is 5.56 Å². The molecule has 138 valence electrons. The van der Waals surface area contributed by atoms with Crippen molar-refractivity contribution < 1.29 is 0 Å². The van der Waals surface area contributed by atoms with E-state index in [4.69, 9.17) is 0 Å². The molecule has 1 aromatic carbocycles. The molecule has 0 bridgehead atoms. The van der Waals surface area contributed by atoms with Crippen molar-refractivity contribution in [2.24, 2.45) is 12.0 Å². The number of benzene rings is 1. The maximum absolute atomic E-state index is 4.42. The highest BCUT2D eigenvalue weighted by Gasteiger charge is 2.12. The summed E-state index contributed by atoms with van der Waals surface area (Å²) in [5.41, 5.74) is 2.28. The van der Waals surface area contributed by atoms with Crippen LogP contribution >= 0.6 is 39.9 Å². The number of rotatable bonds is 5. The molecule has 0 saturated heterocycles. The van der Waals surface area contributed by atoms with Gasteiger partial charge in [-0.15, -0.1) is 24.0 Å². The van der Waals surface area contributed by atoms with E-state index in [1.54, 1.807) is 7.05 Å². The van der Waals surface area contributed by atoms with Gasteiger partial charge >= 0.3 is 0 Å². The van der Waals surface area contributed by atoms with E-state index in [-0.39, 0.29) is 30.0 Å². The van der Waals surface area contributed by atoms with Crippen LogP contribution in [0.15, 0.2) is 39.9 Å². The highest BCUT2D eigenvalue weighted by atomic mass is 127. The molecule has 1 aromatic heterocycles. The Balaban J connectivity index is 0.00000312. The molecular formula is C17H26BrIN6. The summed E-state index contributed by atoms with van der Waals surface area (Å²) in [5, 5.41) is 6.75. The maximum atomic E-state index is 4.42. The summed E-state index contributed by atoms with van der Waals surface area (Å²) >= 11 is 3.59. The topological polar surface area (TPSA) is 57.5 Å².